The van der Waals surface area contributed by atoms with Crippen molar-refractivity contribution in [3.05, 3.63) is 119 Å². The van der Waals surface area contributed by atoms with Crippen LogP contribution in [0.2, 0.25) is 0 Å². The third-order valence-corrected chi connectivity index (χ3v) is 6.17. The fraction of sp³-hybridized carbons (Fsp3) is 0.207. The smallest absolute Gasteiger partial charge is 0.254 e. The molecular weight excluding hydrogens is 452 g/mol. The Morgan fingerprint density at radius 3 is 2.06 bits per heavy atom. The van der Waals surface area contributed by atoms with E-state index in [0.29, 0.717) is 50.3 Å². The Morgan fingerprint density at radius 1 is 0.833 bits per heavy atom. The lowest BCUT2D eigenvalue weighted by molar-refractivity contribution is 0.0665. The fourth-order valence-corrected chi connectivity index (χ4v) is 4.26. The van der Waals surface area contributed by atoms with Crippen molar-refractivity contribution in [2.45, 2.75) is 13.0 Å². The zero-order chi connectivity index (χ0) is 25.2. The molecule has 2 N–H and O–H groups in total. The van der Waals surface area contributed by atoms with Gasteiger partial charge in [-0.05, 0) is 17.2 Å². The summed E-state index contributed by atoms with van der Waals surface area (Å²) in [6.45, 7) is 2.61. The van der Waals surface area contributed by atoms with Crippen molar-refractivity contribution in [3.8, 4) is 0 Å². The molecule has 4 rings (SSSR count). The van der Waals surface area contributed by atoms with Gasteiger partial charge in [0.15, 0.2) is 6.29 Å². The molecule has 1 heterocycles. The van der Waals surface area contributed by atoms with Crippen molar-refractivity contribution in [1.29, 1.82) is 0 Å². The van der Waals surface area contributed by atoms with Gasteiger partial charge in [-0.2, -0.15) is 5.10 Å². The van der Waals surface area contributed by atoms with Crippen LogP contribution < -0.4 is 5.84 Å². The SMILES string of the molecule is N/N=C\C(=C(/Cc1ccccc1)OCc1ccccc1)N1CCN(C(=O)c2ccccc2C=O)CC1. The average molecular weight is 483 g/mol. The van der Waals surface area contributed by atoms with E-state index in [2.05, 4.69) is 22.1 Å². The molecule has 184 valence electrons. The number of piperazine rings is 1. The summed E-state index contributed by atoms with van der Waals surface area (Å²) in [7, 11) is 0. The molecule has 0 radical (unpaired) electrons. The van der Waals surface area contributed by atoms with Crippen molar-refractivity contribution in [2.24, 2.45) is 10.9 Å². The van der Waals surface area contributed by atoms with Crippen LogP contribution in [0.4, 0.5) is 0 Å². The van der Waals surface area contributed by atoms with Crippen LogP contribution >= 0.6 is 0 Å². The van der Waals surface area contributed by atoms with Crippen LogP contribution in [0.15, 0.2) is 101 Å². The summed E-state index contributed by atoms with van der Waals surface area (Å²) in [5.41, 5.74) is 3.81. The number of rotatable bonds is 9. The highest BCUT2D eigenvalue weighted by atomic mass is 16.5. The lowest BCUT2D eigenvalue weighted by atomic mass is 10.1. The lowest BCUT2D eigenvalue weighted by Crippen LogP contribution is -2.49. The standard InChI is InChI=1S/C29H30N4O3/c30-31-20-27(28(19-23-9-3-1-4-10-23)36-22-24-11-5-2-6-12-24)32-15-17-33(18-16-32)29(35)26-14-8-7-13-25(26)21-34/h1-14,20-21H,15-19,22,30H2/b28-27-,31-20-. The molecule has 0 saturated carbocycles. The molecule has 0 atom stereocenters. The first-order valence-corrected chi connectivity index (χ1v) is 11.9. The number of benzene rings is 3. The maximum Gasteiger partial charge on any atom is 0.254 e. The summed E-state index contributed by atoms with van der Waals surface area (Å²) in [6, 6.07) is 27.0. The minimum Gasteiger partial charge on any atom is -0.491 e. The molecule has 0 bridgehead atoms. The van der Waals surface area contributed by atoms with Crippen LogP contribution in [0, 0.1) is 0 Å². The average Bonchev–Trinajstić information content (AvgIpc) is 2.95. The number of nitrogens with zero attached hydrogens (tertiary/aromatic N) is 3. The van der Waals surface area contributed by atoms with Crippen molar-refractivity contribution < 1.29 is 14.3 Å². The van der Waals surface area contributed by atoms with E-state index in [1.165, 1.54) is 0 Å². The maximum absolute atomic E-state index is 13.1. The maximum atomic E-state index is 13.1. The summed E-state index contributed by atoms with van der Waals surface area (Å²) >= 11 is 0. The number of nitrogens with two attached hydrogens (primary N) is 1. The van der Waals surface area contributed by atoms with Crippen LogP contribution in [0.1, 0.15) is 31.8 Å². The van der Waals surface area contributed by atoms with E-state index in [9.17, 15) is 9.59 Å². The topological polar surface area (TPSA) is 88.2 Å². The van der Waals surface area contributed by atoms with Gasteiger partial charge in [0.25, 0.3) is 5.91 Å². The van der Waals surface area contributed by atoms with Gasteiger partial charge in [-0.25, -0.2) is 0 Å². The van der Waals surface area contributed by atoms with Crippen LogP contribution in [0.5, 0.6) is 0 Å². The van der Waals surface area contributed by atoms with Gasteiger partial charge in [0.2, 0.25) is 0 Å². The molecule has 1 fully saturated rings. The highest BCUT2D eigenvalue weighted by Crippen LogP contribution is 2.21. The molecule has 1 amide bonds. The van der Waals surface area contributed by atoms with Gasteiger partial charge in [-0.3, -0.25) is 9.59 Å². The van der Waals surface area contributed by atoms with E-state index in [1.54, 1.807) is 35.4 Å². The number of amides is 1. The zero-order valence-electron chi connectivity index (χ0n) is 20.1. The highest BCUT2D eigenvalue weighted by molar-refractivity contribution is 6.01. The molecule has 0 aliphatic carbocycles. The summed E-state index contributed by atoms with van der Waals surface area (Å²) in [5, 5.41) is 3.83. The second kappa shape index (κ2) is 12.4. The number of ether oxygens (including phenoxy) is 1. The Kier molecular flexibility index (Phi) is 8.48. The Hall–Kier alpha value is -4.39. The highest BCUT2D eigenvalue weighted by Gasteiger charge is 2.26. The first kappa shape index (κ1) is 24.7. The Morgan fingerprint density at radius 2 is 1.42 bits per heavy atom. The van der Waals surface area contributed by atoms with Gasteiger partial charge in [-0.15, -0.1) is 0 Å². The fourth-order valence-electron chi connectivity index (χ4n) is 4.26. The summed E-state index contributed by atoms with van der Waals surface area (Å²) in [6.07, 6.45) is 2.94. The van der Waals surface area contributed by atoms with E-state index in [-0.39, 0.29) is 5.91 Å². The van der Waals surface area contributed by atoms with Crippen LogP contribution in [-0.2, 0) is 17.8 Å². The first-order chi connectivity index (χ1) is 17.7. The van der Waals surface area contributed by atoms with Gasteiger partial charge in [-0.1, -0.05) is 78.9 Å². The number of hydrogen-bond acceptors (Lipinski definition) is 6. The van der Waals surface area contributed by atoms with E-state index < -0.39 is 0 Å². The molecule has 3 aromatic carbocycles. The number of hydrogen-bond donors (Lipinski definition) is 1. The van der Waals surface area contributed by atoms with Gasteiger partial charge < -0.3 is 20.4 Å². The largest absolute Gasteiger partial charge is 0.491 e. The Labute approximate surface area is 211 Å². The molecule has 1 aliphatic heterocycles. The van der Waals surface area contributed by atoms with Crippen LogP contribution in [-0.4, -0.2) is 54.4 Å². The normalized spacial score (nSPS) is 14.4. The van der Waals surface area contributed by atoms with E-state index in [4.69, 9.17) is 10.6 Å². The third-order valence-electron chi connectivity index (χ3n) is 6.17. The number of aldehydes is 1. The predicted octanol–water partition coefficient (Wildman–Crippen LogP) is 3.87. The van der Waals surface area contributed by atoms with Crippen molar-refractivity contribution >= 4 is 18.4 Å². The molecule has 7 nitrogen and oxygen atoms in total. The molecule has 1 aliphatic rings. The van der Waals surface area contributed by atoms with E-state index in [1.807, 2.05) is 48.5 Å². The zero-order valence-corrected chi connectivity index (χ0v) is 20.1. The Bertz CT molecular complexity index is 1220. The van der Waals surface area contributed by atoms with Crippen molar-refractivity contribution in [2.75, 3.05) is 26.2 Å². The Balaban J connectivity index is 1.54. The number of carbonyl (C=O) groups excluding carboxylic acids is 2. The van der Waals surface area contributed by atoms with E-state index in [0.717, 1.165) is 28.9 Å². The number of allylic oxidation sites excluding steroid dienone is 2. The van der Waals surface area contributed by atoms with Crippen LogP contribution in [0.25, 0.3) is 0 Å². The predicted molar refractivity (Wildman–Crippen MR) is 140 cm³/mol. The molecule has 1 saturated heterocycles. The molecule has 0 aromatic heterocycles. The van der Waals surface area contributed by atoms with Gasteiger partial charge >= 0.3 is 0 Å². The summed E-state index contributed by atoms with van der Waals surface area (Å²) in [5.74, 6) is 6.24. The van der Waals surface area contributed by atoms with Gasteiger partial charge in [0.1, 0.15) is 12.4 Å². The molecule has 0 unspecified atom stereocenters. The second-order valence-electron chi connectivity index (χ2n) is 8.51. The second-order valence-corrected chi connectivity index (χ2v) is 8.51. The molecule has 0 spiro atoms. The van der Waals surface area contributed by atoms with Gasteiger partial charge in [0, 0.05) is 38.2 Å². The summed E-state index contributed by atoms with van der Waals surface area (Å²) in [4.78, 5) is 28.4. The molecule has 36 heavy (non-hydrogen) atoms. The molecular formula is C29H30N4O3. The van der Waals surface area contributed by atoms with Crippen molar-refractivity contribution in [3.63, 3.8) is 0 Å². The molecule has 7 heteroatoms. The third kappa shape index (κ3) is 6.18. The minimum atomic E-state index is -0.139. The number of carbonyl (C=O) groups is 2. The summed E-state index contributed by atoms with van der Waals surface area (Å²) < 4.78 is 6.35. The quantitative estimate of drug-likeness (QED) is 0.164. The monoisotopic (exact) mass is 482 g/mol. The number of hydrazone groups is 1. The van der Waals surface area contributed by atoms with Gasteiger partial charge in [0.05, 0.1) is 17.5 Å². The lowest BCUT2D eigenvalue weighted by Gasteiger charge is -2.37. The minimum absolute atomic E-state index is 0.139. The molecule has 3 aromatic rings. The first-order valence-electron chi connectivity index (χ1n) is 11.9. The van der Waals surface area contributed by atoms with Crippen LogP contribution in [0.3, 0.4) is 0 Å². The van der Waals surface area contributed by atoms with Crippen molar-refractivity contribution in [1.82, 2.24) is 9.80 Å². The van der Waals surface area contributed by atoms with E-state index >= 15 is 0 Å².